The summed E-state index contributed by atoms with van der Waals surface area (Å²) in [5, 5.41) is 17.3. The average Bonchev–Trinajstić information content (AvgIpc) is 2.83. The highest BCUT2D eigenvalue weighted by atomic mass is 15.3. The molecule has 0 radical (unpaired) electrons. The van der Waals surface area contributed by atoms with Crippen molar-refractivity contribution in [2.45, 2.75) is 53.0 Å². The monoisotopic (exact) mass is 406 g/mol. The molecular formula is C24H34N6. The Balaban J connectivity index is 0.000000310. The number of hydrogen-bond acceptors (Lipinski definition) is 5. The number of amidine groups is 2. The van der Waals surface area contributed by atoms with Gasteiger partial charge in [0.1, 0.15) is 17.5 Å². The van der Waals surface area contributed by atoms with Crippen LogP contribution < -0.4 is 4.90 Å². The van der Waals surface area contributed by atoms with Crippen molar-refractivity contribution in [2.75, 3.05) is 18.5 Å². The van der Waals surface area contributed by atoms with Crippen LogP contribution in [0.2, 0.25) is 0 Å². The van der Waals surface area contributed by atoms with E-state index in [1.807, 2.05) is 11.8 Å². The maximum absolute atomic E-state index is 8.79. The van der Waals surface area contributed by atoms with Crippen LogP contribution in [0.15, 0.2) is 36.7 Å². The van der Waals surface area contributed by atoms with E-state index in [9.17, 15) is 0 Å². The third kappa shape index (κ3) is 5.51. The molecule has 2 aliphatic rings. The molecule has 2 heterocycles. The van der Waals surface area contributed by atoms with Crippen molar-refractivity contribution in [1.29, 1.82) is 10.8 Å². The minimum Gasteiger partial charge on any atom is -0.295 e. The van der Waals surface area contributed by atoms with E-state index in [0.29, 0.717) is 24.1 Å². The van der Waals surface area contributed by atoms with Crippen LogP contribution in [0.5, 0.6) is 0 Å². The van der Waals surface area contributed by atoms with Crippen molar-refractivity contribution in [3.05, 3.63) is 53.6 Å². The summed E-state index contributed by atoms with van der Waals surface area (Å²) in [6, 6.07) is 8.19. The van der Waals surface area contributed by atoms with Crippen LogP contribution in [0.25, 0.3) is 0 Å². The maximum atomic E-state index is 8.79. The summed E-state index contributed by atoms with van der Waals surface area (Å²) in [4.78, 5) is 11.8. The van der Waals surface area contributed by atoms with Crippen molar-refractivity contribution in [2.24, 2.45) is 11.8 Å². The zero-order chi connectivity index (χ0) is 21.7. The molecule has 160 valence electrons. The number of aryl methyl sites for hydroxylation is 2. The Morgan fingerprint density at radius 3 is 2.30 bits per heavy atom. The van der Waals surface area contributed by atoms with Gasteiger partial charge in [0.25, 0.3) is 0 Å². The number of benzene rings is 1. The molecule has 0 spiro atoms. The minimum atomic E-state index is 0.295. The summed E-state index contributed by atoms with van der Waals surface area (Å²) in [6.45, 7) is 7.71. The Morgan fingerprint density at radius 2 is 1.70 bits per heavy atom. The van der Waals surface area contributed by atoms with Gasteiger partial charge >= 0.3 is 0 Å². The van der Waals surface area contributed by atoms with Crippen LogP contribution in [-0.4, -0.2) is 40.1 Å². The van der Waals surface area contributed by atoms with E-state index in [4.69, 9.17) is 10.8 Å². The highest BCUT2D eigenvalue weighted by molar-refractivity contribution is 6.19. The predicted molar refractivity (Wildman–Crippen MR) is 123 cm³/mol. The van der Waals surface area contributed by atoms with Gasteiger partial charge in [-0.1, -0.05) is 37.5 Å². The van der Waals surface area contributed by atoms with Crippen LogP contribution in [0.1, 0.15) is 49.6 Å². The number of anilines is 1. The lowest BCUT2D eigenvalue weighted by atomic mass is 9.82. The van der Waals surface area contributed by atoms with Crippen LogP contribution in [0.4, 0.5) is 5.69 Å². The molecule has 4 rings (SSSR count). The van der Waals surface area contributed by atoms with E-state index >= 15 is 0 Å². The van der Waals surface area contributed by atoms with E-state index in [1.54, 1.807) is 18.5 Å². The van der Waals surface area contributed by atoms with Gasteiger partial charge in [0.05, 0.1) is 12.2 Å². The summed E-state index contributed by atoms with van der Waals surface area (Å²) < 4.78 is 0. The van der Waals surface area contributed by atoms with Gasteiger partial charge in [-0.2, -0.15) is 0 Å². The van der Waals surface area contributed by atoms with Crippen molar-refractivity contribution in [3.63, 3.8) is 0 Å². The Morgan fingerprint density at radius 1 is 1.03 bits per heavy atom. The van der Waals surface area contributed by atoms with Crippen molar-refractivity contribution < 1.29 is 0 Å². The van der Waals surface area contributed by atoms with Crippen LogP contribution in [0.3, 0.4) is 0 Å². The zero-order valence-corrected chi connectivity index (χ0v) is 18.7. The average molecular weight is 407 g/mol. The summed E-state index contributed by atoms with van der Waals surface area (Å²) in [7, 11) is 2.05. The lowest BCUT2D eigenvalue weighted by Crippen LogP contribution is -2.43. The molecule has 6 heteroatoms. The second-order valence-corrected chi connectivity index (χ2v) is 8.72. The smallest absolute Gasteiger partial charge is 0.125 e. The van der Waals surface area contributed by atoms with E-state index < -0.39 is 0 Å². The summed E-state index contributed by atoms with van der Waals surface area (Å²) in [5.74, 6) is 3.05. The normalized spacial score (nSPS) is 21.9. The van der Waals surface area contributed by atoms with E-state index in [0.717, 1.165) is 36.8 Å². The summed E-state index contributed by atoms with van der Waals surface area (Å²) in [5.41, 5.74) is 3.50. The molecule has 6 nitrogen and oxygen atoms in total. The Labute approximate surface area is 180 Å². The molecule has 0 unspecified atom stereocenters. The standard InChI is InChI=1S/C19H28N4.C5H6N2/c1-13-4-7-15(8-5-13)19(21)23-17-9-6-14(2)10-16(17)11-22(3)12-18(23)20;1-5-6-3-2-4-7-5/h6,9-10,13,15,20-21H,4-5,7-8,11-12H2,1-3H3;2-4H,1H3. The maximum Gasteiger partial charge on any atom is 0.125 e. The van der Waals surface area contributed by atoms with Crippen molar-refractivity contribution >= 4 is 17.4 Å². The molecule has 0 saturated heterocycles. The number of likely N-dealkylation sites (N-methyl/N-ethyl adjacent to an activating group) is 1. The van der Waals surface area contributed by atoms with Crippen molar-refractivity contribution in [1.82, 2.24) is 14.9 Å². The van der Waals surface area contributed by atoms with Gasteiger partial charge in [-0.05, 0) is 57.4 Å². The molecule has 2 aromatic rings. The fourth-order valence-corrected chi connectivity index (χ4v) is 4.24. The molecule has 1 aromatic carbocycles. The van der Waals surface area contributed by atoms with Crippen LogP contribution in [0, 0.1) is 36.5 Å². The largest absolute Gasteiger partial charge is 0.295 e. The number of hydrogen-bond donors (Lipinski definition) is 2. The highest BCUT2D eigenvalue weighted by Crippen LogP contribution is 2.33. The second-order valence-electron chi connectivity index (χ2n) is 8.72. The van der Waals surface area contributed by atoms with Gasteiger partial charge in [0, 0.05) is 24.9 Å². The first-order valence-corrected chi connectivity index (χ1v) is 10.8. The molecule has 30 heavy (non-hydrogen) atoms. The van der Waals surface area contributed by atoms with Gasteiger partial charge in [-0.3, -0.25) is 20.6 Å². The molecule has 2 N–H and O–H groups in total. The molecule has 1 fully saturated rings. The quantitative estimate of drug-likeness (QED) is 0.526. The Hall–Kier alpha value is -2.60. The first kappa shape index (κ1) is 22.1. The molecular weight excluding hydrogens is 372 g/mol. The van der Waals surface area contributed by atoms with E-state index in [-0.39, 0.29) is 0 Å². The van der Waals surface area contributed by atoms with Gasteiger partial charge in [0.15, 0.2) is 0 Å². The predicted octanol–water partition coefficient (Wildman–Crippen LogP) is 4.81. The SMILES string of the molecule is Cc1ccc2c(c1)CN(C)CC(=N)N2C(=N)C1CCC(C)CC1.Cc1ncccn1. The topological polar surface area (TPSA) is 80.0 Å². The Bertz CT molecular complexity index is 871. The fraction of sp³-hybridized carbons (Fsp3) is 0.500. The fourth-order valence-electron chi connectivity index (χ4n) is 4.24. The van der Waals surface area contributed by atoms with Gasteiger partial charge in [-0.15, -0.1) is 0 Å². The molecule has 1 saturated carbocycles. The lowest BCUT2D eigenvalue weighted by molar-refractivity contribution is 0.342. The summed E-state index contributed by atoms with van der Waals surface area (Å²) >= 11 is 0. The number of aromatic nitrogens is 2. The van der Waals surface area contributed by atoms with Crippen molar-refractivity contribution in [3.8, 4) is 0 Å². The number of fused-ring (bicyclic) bond motifs is 1. The van der Waals surface area contributed by atoms with E-state index in [1.165, 1.54) is 24.0 Å². The third-order valence-corrected chi connectivity index (χ3v) is 5.94. The summed E-state index contributed by atoms with van der Waals surface area (Å²) in [6.07, 6.45) is 8.02. The van der Waals surface area contributed by atoms with Crippen LogP contribution >= 0.6 is 0 Å². The molecule has 1 aromatic heterocycles. The molecule has 0 atom stereocenters. The molecule has 1 aliphatic heterocycles. The minimum absolute atomic E-state index is 0.295. The number of nitrogens with one attached hydrogen (secondary N) is 2. The van der Waals surface area contributed by atoms with E-state index in [2.05, 4.69) is 54.0 Å². The molecule has 1 aliphatic carbocycles. The molecule has 0 bridgehead atoms. The van der Waals surface area contributed by atoms with Crippen LogP contribution in [-0.2, 0) is 6.54 Å². The first-order chi connectivity index (χ1) is 14.3. The highest BCUT2D eigenvalue weighted by Gasteiger charge is 2.31. The Kier molecular flexibility index (Phi) is 7.32. The van der Waals surface area contributed by atoms with Gasteiger partial charge in [0.2, 0.25) is 0 Å². The number of nitrogens with zero attached hydrogens (tertiary/aromatic N) is 4. The van der Waals surface area contributed by atoms with Gasteiger partial charge < -0.3 is 0 Å². The second kappa shape index (κ2) is 9.94. The third-order valence-electron chi connectivity index (χ3n) is 5.94. The molecule has 0 amide bonds. The lowest BCUT2D eigenvalue weighted by Gasteiger charge is -2.33. The zero-order valence-electron chi connectivity index (χ0n) is 18.7. The van der Waals surface area contributed by atoms with Gasteiger partial charge in [-0.25, -0.2) is 9.97 Å². The number of rotatable bonds is 1. The first-order valence-electron chi connectivity index (χ1n) is 10.8.